The van der Waals surface area contributed by atoms with Crippen molar-refractivity contribution < 1.29 is 9.59 Å². The van der Waals surface area contributed by atoms with Gasteiger partial charge in [-0.25, -0.2) is 0 Å². The van der Waals surface area contributed by atoms with E-state index >= 15 is 0 Å². The van der Waals surface area contributed by atoms with Crippen LogP contribution in [0.1, 0.15) is 39.5 Å². The lowest BCUT2D eigenvalue weighted by Crippen LogP contribution is -2.40. The number of piperidine rings is 2. The SMILES string of the molecule is CC1CCCN(C(=O)CSc2nnc(SCC(=O)N3CCCC(C)C3)s2)C1. The fourth-order valence-electron chi connectivity index (χ4n) is 3.58. The van der Waals surface area contributed by atoms with E-state index in [0.29, 0.717) is 23.3 Å². The number of nitrogens with zero attached hydrogens (tertiary/aromatic N) is 4. The molecule has 2 atom stereocenters. The molecule has 2 aliphatic heterocycles. The van der Waals surface area contributed by atoms with Gasteiger partial charge in [0.05, 0.1) is 11.5 Å². The Morgan fingerprint density at radius 2 is 1.37 bits per heavy atom. The van der Waals surface area contributed by atoms with E-state index in [9.17, 15) is 9.59 Å². The van der Waals surface area contributed by atoms with Gasteiger partial charge in [-0.15, -0.1) is 10.2 Å². The Labute approximate surface area is 173 Å². The number of amides is 2. The fraction of sp³-hybridized carbons (Fsp3) is 0.778. The van der Waals surface area contributed by atoms with Gasteiger partial charge >= 0.3 is 0 Å². The van der Waals surface area contributed by atoms with Gasteiger partial charge in [0.1, 0.15) is 0 Å². The van der Waals surface area contributed by atoms with Gasteiger partial charge in [0.15, 0.2) is 8.68 Å². The Morgan fingerprint density at radius 3 is 1.78 bits per heavy atom. The van der Waals surface area contributed by atoms with Crippen LogP contribution in [0, 0.1) is 11.8 Å². The molecule has 0 radical (unpaired) electrons. The first kappa shape index (κ1) is 20.9. The fourth-order valence-corrected chi connectivity index (χ4v) is 6.40. The van der Waals surface area contributed by atoms with Crippen molar-refractivity contribution in [1.29, 1.82) is 0 Å². The number of hydrogen-bond donors (Lipinski definition) is 0. The van der Waals surface area contributed by atoms with E-state index < -0.39 is 0 Å². The van der Waals surface area contributed by atoms with Crippen molar-refractivity contribution in [3.8, 4) is 0 Å². The third-order valence-electron chi connectivity index (χ3n) is 5.05. The summed E-state index contributed by atoms with van der Waals surface area (Å²) in [5.74, 6) is 2.39. The number of thioether (sulfide) groups is 2. The Kier molecular flexibility index (Phi) is 7.84. The topological polar surface area (TPSA) is 66.4 Å². The van der Waals surface area contributed by atoms with Crippen LogP contribution < -0.4 is 0 Å². The van der Waals surface area contributed by atoms with Crippen molar-refractivity contribution in [1.82, 2.24) is 20.0 Å². The molecule has 2 unspecified atom stereocenters. The van der Waals surface area contributed by atoms with Crippen molar-refractivity contribution in [3.63, 3.8) is 0 Å². The van der Waals surface area contributed by atoms with Crippen molar-refractivity contribution >= 4 is 46.7 Å². The van der Waals surface area contributed by atoms with E-state index in [4.69, 9.17) is 0 Å². The van der Waals surface area contributed by atoms with Gasteiger partial charge in [0.2, 0.25) is 11.8 Å². The Hall–Kier alpha value is -0.800. The van der Waals surface area contributed by atoms with Crippen LogP contribution in [-0.2, 0) is 9.59 Å². The van der Waals surface area contributed by atoms with Gasteiger partial charge in [-0.2, -0.15) is 0 Å². The highest BCUT2D eigenvalue weighted by Gasteiger charge is 2.23. The molecule has 2 fully saturated rings. The van der Waals surface area contributed by atoms with Crippen LogP contribution in [0.15, 0.2) is 8.68 Å². The molecule has 0 spiro atoms. The van der Waals surface area contributed by atoms with Gasteiger partial charge in [-0.3, -0.25) is 9.59 Å². The van der Waals surface area contributed by atoms with Crippen LogP contribution in [0.25, 0.3) is 0 Å². The molecule has 150 valence electrons. The number of aromatic nitrogens is 2. The van der Waals surface area contributed by atoms with Crippen LogP contribution in [0.4, 0.5) is 0 Å². The number of likely N-dealkylation sites (tertiary alicyclic amines) is 2. The minimum atomic E-state index is 0.186. The molecule has 1 aromatic heterocycles. The van der Waals surface area contributed by atoms with Gasteiger partial charge in [0, 0.05) is 26.2 Å². The molecule has 0 aliphatic carbocycles. The quantitative estimate of drug-likeness (QED) is 0.648. The lowest BCUT2D eigenvalue weighted by Gasteiger charge is -2.30. The average Bonchev–Trinajstić information content (AvgIpc) is 3.12. The highest BCUT2D eigenvalue weighted by molar-refractivity contribution is 8.03. The van der Waals surface area contributed by atoms with Crippen LogP contribution in [0.3, 0.4) is 0 Å². The van der Waals surface area contributed by atoms with E-state index in [0.717, 1.165) is 47.7 Å². The second-order valence-electron chi connectivity index (χ2n) is 7.59. The maximum absolute atomic E-state index is 12.3. The third-order valence-corrected chi connectivity index (χ3v) is 8.21. The predicted molar refractivity (Wildman–Crippen MR) is 111 cm³/mol. The molecule has 2 saturated heterocycles. The number of hydrogen-bond acceptors (Lipinski definition) is 7. The number of carbonyl (C=O) groups is 2. The molecule has 1 aromatic rings. The van der Waals surface area contributed by atoms with Crippen LogP contribution in [-0.4, -0.2) is 69.5 Å². The highest BCUT2D eigenvalue weighted by atomic mass is 32.2. The van der Waals surface area contributed by atoms with Crippen LogP contribution in [0.2, 0.25) is 0 Å². The summed E-state index contributed by atoms with van der Waals surface area (Å²) in [6.07, 6.45) is 4.62. The summed E-state index contributed by atoms with van der Waals surface area (Å²) in [5, 5.41) is 8.33. The van der Waals surface area contributed by atoms with E-state index in [1.807, 2.05) is 9.80 Å². The molecule has 0 bridgehead atoms. The maximum Gasteiger partial charge on any atom is 0.233 e. The molecule has 6 nitrogen and oxygen atoms in total. The molecule has 2 aliphatic rings. The van der Waals surface area contributed by atoms with Crippen molar-refractivity contribution in [3.05, 3.63) is 0 Å². The molecular formula is C18H28N4O2S3. The molecular weight excluding hydrogens is 400 g/mol. The lowest BCUT2D eigenvalue weighted by atomic mass is 10.0. The molecule has 3 heterocycles. The van der Waals surface area contributed by atoms with Gasteiger partial charge in [-0.05, 0) is 37.5 Å². The summed E-state index contributed by atoms with van der Waals surface area (Å²) in [6, 6.07) is 0. The first-order valence-electron chi connectivity index (χ1n) is 9.66. The van der Waals surface area contributed by atoms with Crippen molar-refractivity contribution in [2.75, 3.05) is 37.7 Å². The monoisotopic (exact) mass is 428 g/mol. The van der Waals surface area contributed by atoms with Crippen LogP contribution >= 0.6 is 34.9 Å². The predicted octanol–water partition coefficient (Wildman–Crippen LogP) is 3.24. The smallest absolute Gasteiger partial charge is 0.233 e. The third kappa shape index (κ3) is 6.35. The number of rotatable bonds is 6. The largest absolute Gasteiger partial charge is 0.342 e. The lowest BCUT2D eigenvalue weighted by molar-refractivity contribution is -0.130. The summed E-state index contributed by atoms with van der Waals surface area (Å²) < 4.78 is 1.60. The Morgan fingerprint density at radius 1 is 0.926 bits per heavy atom. The van der Waals surface area contributed by atoms with Crippen LogP contribution in [0.5, 0.6) is 0 Å². The minimum absolute atomic E-state index is 0.186. The first-order valence-corrected chi connectivity index (χ1v) is 12.4. The summed E-state index contributed by atoms with van der Waals surface area (Å²) in [6.45, 7) is 7.89. The van der Waals surface area contributed by atoms with E-state index in [1.54, 1.807) is 0 Å². The average molecular weight is 429 g/mol. The Balaban J connectivity index is 1.40. The van der Waals surface area contributed by atoms with Gasteiger partial charge in [-0.1, -0.05) is 48.7 Å². The molecule has 27 heavy (non-hydrogen) atoms. The second kappa shape index (κ2) is 10.1. The van der Waals surface area contributed by atoms with E-state index in [1.165, 1.54) is 47.7 Å². The summed E-state index contributed by atoms with van der Waals surface area (Å²) in [7, 11) is 0. The molecule has 0 saturated carbocycles. The summed E-state index contributed by atoms with van der Waals surface area (Å²) in [4.78, 5) is 28.6. The summed E-state index contributed by atoms with van der Waals surface area (Å²) >= 11 is 4.38. The zero-order chi connectivity index (χ0) is 19.2. The molecule has 9 heteroatoms. The van der Waals surface area contributed by atoms with Crippen molar-refractivity contribution in [2.24, 2.45) is 11.8 Å². The minimum Gasteiger partial charge on any atom is -0.342 e. The van der Waals surface area contributed by atoms with E-state index in [-0.39, 0.29) is 11.8 Å². The van der Waals surface area contributed by atoms with E-state index in [2.05, 4.69) is 24.0 Å². The molecule has 0 aromatic carbocycles. The molecule has 0 N–H and O–H groups in total. The zero-order valence-corrected chi connectivity index (χ0v) is 18.5. The summed E-state index contributed by atoms with van der Waals surface area (Å²) in [5.41, 5.74) is 0. The normalized spacial score (nSPS) is 23.5. The van der Waals surface area contributed by atoms with Gasteiger partial charge in [0.25, 0.3) is 0 Å². The zero-order valence-electron chi connectivity index (χ0n) is 16.1. The Bertz CT molecular complexity index is 602. The maximum atomic E-state index is 12.3. The van der Waals surface area contributed by atoms with Gasteiger partial charge < -0.3 is 9.80 Å². The van der Waals surface area contributed by atoms with Crippen molar-refractivity contribution in [2.45, 2.75) is 48.2 Å². The first-order chi connectivity index (χ1) is 13.0. The number of carbonyl (C=O) groups excluding carboxylic acids is 2. The highest BCUT2D eigenvalue weighted by Crippen LogP contribution is 2.29. The second-order valence-corrected chi connectivity index (χ2v) is 11.0. The standard InChI is InChI=1S/C18H28N4O2S3/c1-13-5-3-7-21(9-13)15(23)11-25-17-19-20-18(27-17)26-12-16(24)22-8-4-6-14(2)10-22/h13-14H,3-12H2,1-2H3. The molecule has 3 rings (SSSR count). The molecule has 2 amide bonds.